The first-order valence-electron chi connectivity index (χ1n) is 10.8. The number of fused-ring (bicyclic) bond motifs is 1. The molecule has 2 N–H and O–H groups in total. The summed E-state index contributed by atoms with van der Waals surface area (Å²) >= 11 is 0. The van der Waals surface area contributed by atoms with E-state index < -0.39 is 0 Å². The Bertz CT molecular complexity index is 933. The predicted octanol–water partition coefficient (Wildman–Crippen LogP) is 2.68. The molecule has 0 fully saturated rings. The topological polar surface area (TPSA) is 91.0 Å². The SMILES string of the molecule is CC(C)OCCCNC(=O)CN1C(=O)CN(C(=O)NCc2ccccc2)c2ccccc21. The quantitative estimate of drug-likeness (QED) is 0.589. The Balaban J connectivity index is 1.61. The Hall–Kier alpha value is -3.39. The minimum Gasteiger partial charge on any atom is -0.379 e. The number of amides is 4. The van der Waals surface area contributed by atoms with Crippen molar-refractivity contribution in [1.82, 2.24) is 10.6 Å². The van der Waals surface area contributed by atoms with Gasteiger partial charge in [0.15, 0.2) is 0 Å². The summed E-state index contributed by atoms with van der Waals surface area (Å²) in [5.41, 5.74) is 2.10. The molecule has 0 spiro atoms. The highest BCUT2D eigenvalue weighted by molar-refractivity contribution is 6.12. The van der Waals surface area contributed by atoms with Crippen molar-refractivity contribution >= 4 is 29.2 Å². The van der Waals surface area contributed by atoms with E-state index in [1.54, 1.807) is 24.3 Å². The second-order valence-electron chi connectivity index (χ2n) is 7.82. The molecule has 2 aromatic rings. The molecular weight excluding hydrogens is 408 g/mol. The maximum atomic E-state index is 12.8. The van der Waals surface area contributed by atoms with Crippen LogP contribution in [-0.4, -0.2) is 50.2 Å². The number of carbonyl (C=O) groups excluding carboxylic acids is 3. The molecule has 3 rings (SSSR count). The highest BCUT2D eigenvalue weighted by atomic mass is 16.5. The van der Waals surface area contributed by atoms with E-state index in [1.807, 2.05) is 44.2 Å². The van der Waals surface area contributed by atoms with Crippen LogP contribution in [0.15, 0.2) is 54.6 Å². The summed E-state index contributed by atoms with van der Waals surface area (Å²) in [4.78, 5) is 40.9. The standard InChI is InChI=1S/C24H30N4O4/c1-18(2)32-14-8-13-25-22(29)16-27-20-11-6-7-12-21(20)28(17-23(27)30)24(31)26-15-19-9-4-3-5-10-19/h3-7,9-12,18H,8,13-17H2,1-2H3,(H,25,29)(H,26,31). The predicted molar refractivity (Wildman–Crippen MR) is 124 cm³/mol. The molecule has 1 heterocycles. The summed E-state index contributed by atoms with van der Waals surface area (Å²) in [7, 11) is 0. The summed E-state index contributed by atoms with van der Waals surface area (Å²) in [6.07, 6.45) is 0.852. The fourth-order valence-corrected chi connectivity index (χ4v) is 3.40. The Morgan fingerprint density at radius 1 is 1.00 bits per heavy atom. The number of nitrogens with zero attached hydrogens (tertiary/aromatic N) is 2. The molecule has 0 radical (unpaired) electrons. The van der Waals surface area contributed by atoms with Crippen molar-refractivity contribution in [3.63, 3.8) is 0 Å². The van der Waals surface area contributed by atoms with Crippen molar-refractivity contribution in [3.8, 4) is 0 Å². The normalized spacial score (nSPS) is 13.2. The van der Waals surface area contributed by atoms with E-state index in [9.17, 15) is 14.4 Å². The van der Waals surface area contributed by atoms with Gasteiger partial charge in [-0.2, -0.15) is 0 Å². The summed E-state index contributed by atoms with van der Waals surface area (Å²) in [5, 5.41) is 5.68. The third-order valence-electron chi connectivity index (χ3n) is 4.99. The van der Waals surface area contributed by atoms with Gasteiger partial charge in [0.2, 0.25) is 11.8 Å². The van der Waals surface area contributed by atoms with Crippen molar-refractivity contribution in [3.05, 3.63) is 60.2 Å². The fourth-order valence-electron chi connectivity index (χ4n) is 3.40. The molecule has 2 aromatic carbocycles. The number of hydrogen-bond donors (Lipinski definition) is 2. The van der Waals surface area contributed by atoms with Crippen LogP contribution < -0.4 is 20.4 Å². The Labute approximate surface area is 188 Å². The van der Waals surface area contributed by atoms with Crippen LogP contribution in [0.25, 0.3) is 0 Å². The van der Waals surface area contributed by atoms with Gasteiger partial charge in [-0.05, 0) is 38.0 Å². The monoisotopic (exact) mass is 438 g/mol. The van der Waals surface area contributed by atoms with Crippen LogP contribution in [-0.2, 0) is 20.9 Å². The first-order chi connectivity index (χ1) is 15.5. The Kier molecular flexibility index (Phi) is 8.21. The smallest absolute Gasteiger partial charge is 0.322 e. The lowest BCUT2D eigenvalue weighted by atomic mass is 10.1. The molecule has 8 heteroatoms. The van der Waals surface area contributed by atoms with Gasteiger partial charge >= 0.3 is 6.03 Å². The number of benzene rings is 2. The highest BCUT2D eigenvalue weighted by Gasteiger charge is 2.33. The number of hydrogen-bond acceptors (Lipinski definition) is 4. The number of urea groups is 1. The lowest BCUT2D eigenvalue weighted by Crippen LogP contribution is -2.53. The number of carbonyl (C=O) groups is 3. The summed E-state index contributed by atoms with van der Waals surface area (Å²) in [5.74, 6) is -0.559. The van der Waals surface area contributed by atoms with Gasteiger partial charge in [-0.15, -0.1) is 0 Å². The maximum absolute atomic E-state index is 12.8. The molecule has 32 heavy (non-hydrogen) atoms. The number of rotatable bonds is 9. The van der Waals surface area contributed by atoms with E-state index in [0.29, 0.717) is 37.5 Å². The zero-order valence-electron chi connectivity index (χ0n) is 18.5. The van der Waals surface area contributed by atoms with Crippen LogP contribution in [0.1, 0.15) is 25.8 Å². The maximum Gasteiger partial charge on any atom is 0.322 e. The van der Waals surface area contributed by atoms with Gasteiger partial charge in [0, 0.05) is 19.7 Å². The van der Waals surface area contributed by atoms with E-state index in [0.717, 1.165) is 5.56 Å². The second-order valence-corrected chi connectivity index (χ2v) is 7.82. The molecular formula is C24H30N4O4. The number of para-hydroxylation sites is 2. The van der Waals surface area contributed by atoms with Crippen molar-refractivity contribution < 1.29 is 19.1 Å². The molecule has 1 aliphatic rings. The van der Waals surface area contributed by atoms with Crippen LogP contribution >= 0.6 is 0 Å². The largest absolute Gasteiger partial charge is 0.379 e. The number of ether oxygens (including phenoxy) is 1. The zero-order chi connectivity index (χ0) is 22.9. The minimum absolute atomic E-state index is 0.0969. The van der Waals surface area contributed by atoms with Crippen molar-refractivity contribution in [2.45, 2.75) is 32.9 Å². The molecule has 0 saturated heterocycles. The lowest BCUT2D eigenvalue weighted by Gasteiger charge is -2.35. The van der Waals surface area contributed by atoms with Crippen LogP contribution in [0.4, 0.5) is 16.2 Å². The Morgan fingerprint density at radius 3 is 2.41 bits per heavy atom. The summed E-state index contributed by atoms with van der Waals surface area (Å²) in [6.45, 7) is 5.10. The second kappa shape index (κ2) is 11.3. The van der Waals surface area contributed by atoms with Crippen molar-refractivity contribution in [2.24, 2.45) is 0 Å². The van der Waals surface area contributed by atoms with Gasteiger partial charge in [-0.3, -0.25) is 19.4 Å². The van der Waals surface area contributed by atoms with E-state index in [1.165, 1.54) is 9.80 Å². The van der Waals surface area contributed by atoms with Gasteiger partial charge in [-0.1, -0.05) is 42.5 Å². The Morgan fingerprint density at radius 2 is 1.69 bits per heavy atom. The van der Waals surface area contributed by atoms with Crippen LogP contribution in [0.3, 0.4) is 0 Å². The number of nitrogens with one attached hydrogen (secondary N) is 2. The summed E-state index contributed by atoms with van der Waals surface area (Å²) < 4.78 is 5.46. The molecule has 0 unspecified atom stereocenters. The molecule has 0 aliphatic carbocycles. The highest BCUT2D eigenvalue weighted by Crippen LogP contribution is 2.33. The molecule has 170 valence electrons. The number of anilines is 2. The van der Waals surface area contributed by atoms with Crippen LogP contribution in [0, 0.1) is 0 Å². The first kappa shape index (κ1) is 23.3. The molecule has 8 nitrogen and oxygen atoms in total. The summed E-state index contributed by atoms with van der Waals surface area (Å²) in [6, 6.07) is 16.3. The van der Waals surface area contributed by atoms with E-state index in [-0.39, 0.29) is 37.0 Å². The van der Waals surface area contributed by atoms with Gasteiger partial charge < -0.3 is 15.4 Å². The van der Waals surface area contributed by atoms with Gasteiger partial charge in [0.05, 0.1) is 17.5 Å². The third-order valence-corrected chi connectivity index (χ3v) is 4.99. The third kappa shape index (κ3) is 6.31. The fraction of sp³-hybridized carbons (Fsp3) is 0.375. The minimum atomic E-state index is -0.357. The van der Waals surface area contributed by atoms with Gasteiger partial charge in [0.1, 0.15) is 13.1 Å². The average Bonchev–Trinajstić information content (AvgIpc) is 2.79. The van der Waals surface area contributed by atoms with E-state index in [4.69, 9.17) is 4.74 Å². The van der Waals surface area contributed by atoms with Crippen molar-refractivity contribution in [1.29, 1.82) is 0 Å². The lowest BCUT2D eigenvalue weighted by molar-refractivity contribution is -0.123. The van der Waals surface area contributed by atoms with Crippen LogP contribution in [0.5, 0.6) is 0 Å². The average molecular weight is 439 g/mol. The molecule has 1 aliphatic heterocycles. The first-order valence-corrected chi connectivity index (χ1v) is 10.8. The van der Waals surface area contributed by atoms with Gasteiger partial charge in [-0.25, -0.2) is 4.79 Å². The van der Waals surface area contributed by atoms with E-state index >= 15 is 0 Å². The zero-order valence-corrected chi connectivity index (χ0v) is 18.5. The molecule has 0 atom stereocenters. The molecule has 0 aromatic heterocycles. The molecule has 0 bridgehead atoms. The van der Waals surface area contributed by atoms with Crippen LogP contribution in [0.2, 0.25) is 0 Å². The molecule has 0 saturated carbocycles. The van der Waals surface area contributed by atoms with Gasteiger partial charge in [0.25, 0.3) is 0 Å². The van der Waals surface area contributed by atoms with Crippen molar-refractivity contribution in [2.75, 3.05) is 36.0 Å². The molecule has 4 amide bonds. The van der Waals surface area contributed by atoms with E-state index in [2.05, 4.69) is 10.6 Å².